The highest BCUT2D eigenvalue weighted by Gasteiger charge is 2.26. The summed E-state index contributed by atoms with van der Waals surface area (Å²) in [5.41, 5.74) is 1.03. The lowest BCUT2D eigenvalue weighted by molar-refractivity contribution is 0.0951. The van der Waals surface area contributed by atoms with Crippen LogP contribution in [0.25, 0.3) is 0 Å². The molecule has 1 aliphatic heterocycles. The molecule has 2 aliphatic rings. The van der Waals surface area contributed by atoms with Gasteiger partial charge in [-0.15, -0.1) is 0 Å². The fourth-order valence-electron chi connectivity index (χ4n) is 4.11. The molecule has 3 heterocycles. The molecule has 3 N–H and O–H groups in total. The van der Waals surface area contributed by atoms with Gasteiger partial charge in [0, 0.05) is 38.0 Å². The molecule has 10 heteroatoms. The minimum absolute atomic E-state index is 0. The Hall–Kier alpha value is -3.66. The standard InChI is InChI=1S/C26H29F2N7O.H2/c1-26(2,28)21-5-4-6-22(32-21)33-23-18(24(36)30-16-7-8-16)13-29-25(34-23)31-17-11-15-9-10-35(3)14-19(15)20(27)12-17;/h4-6,11-13,16H,7-10,14H2,1-3H3,(H,30,36)(H2,29,31,32,33,34);1H. The third kappa shape index (κ3) is 5.43. The van der Waals surface area contributed by atoms with E-state index >= 15 is 0 Å². The first-order valence-electron chi connectivity index (χ1n) is 12.0. The Balaban J connectivity index is 0.00000320. The summed E-state index contributed by atoms with van der Waals surface area (Å²) in [6.07, 6.45) is 4.04. The van der Waals surface area contributed by atoms with Crippen molar-refractivity contribution in [1.82, 2.24) is 25.2 Å². The number of aromatic nitrogens is 3. The molecule has 1 amide bonds. The van der Waals surface area contributed by atoms with Crippen molar-refractivity contribution in [2.24, 2.45) is 0 Å². The Bertz CT molecular complexity index is 1310. The third-order valence-corrected chi connectivity index (χ3v) is 6.29. The molecule has 2 aromatic heterocycles. The van der Waals surface area contributed by atoms with Crippen LogP contribution in [0, 0.1) is 5.82 Å². The van der Waals surface area contributed by atoms with Gasteiger partial charge in [0.25, 0.3) is 5.91 Å². The van der Waals surface area contributed by atoms with Gasteiger partial charge in [0.15, 0.2) is 0 Å². The summed E-state index contributed by atoms with van der Waals surface area (Å²) in [6.45, 7) is 4.28. The topological polar surface area (TPSA) is 95.1 Å². The van der Waals surface area contributed by atoms with Gasteiger partial charge in [-0.3, -0.25) is 4.79 Å². The Labute approximate surface area is 210 Å². The largest absolute Gasteiger partial charge is 0.349 e. The molecule has 0 radical (unpaired) electrons. The zero-order valence-corrected chi connectivity index (χ0v) is 20.5. The number of hydrogen-bond donors (Lipinski definition) is 3. The first-order valence-corrected chi connectivity index (χ1v) is 12.0. The van der Waals surface area contributed by atoms with Gasteiger partial charge in [-0.25, -0.2) is 18.7 Å². The molecule has 0 atom stereocenters. The first-order chi connectivity index (χ1) is 17.2. The number of hydrogen-bond acceptors (Lipinski definition) is 7. The van der Waals surface area contributed by atoms with E-state index in [2.05, 4.69) is 35.8 Å². The van der Waals surface area contributed by atoms with Gasteiger partial charge in [-0.2, -0.15) is 4.98 Å². The number of benzene rings is 1. The van der Waals surface area contributed by atoms with Crippen molar-refractivity contribution in [3.63, 3.8) is 0 Å². The van der Waals surface area contributed by atoms with Crippen LogP contribution in [0.4, 0.5) is 32.1 Å². The van der Waals surface area contributed by atoms with E-state index < -0.39 is 5.67 Å². The van der Waals surface area contributed by atoms with Gasteiger partial charge in [-0.1, -0.05) is 6.07 Å². The molecule has 8 nitrogen and oxygen atoms in total. The van der Waals surface area contributed by atoms with E-state index in [9.17, 15) is 13.6 Å². The maximum Gasteiger partial charge on any atom is 0.256 e. The summed E-state index contributed by atoms with van der Waals surface area (Å²) in [6, 6.07) is 8.43. The molecule has 1 fully saturated rings. The van der Waals surface area contributed by atoms with Crippen molar-refractivity contribution in [2.75, 3.05) is 24.2 Å². The van der Waals surface area contributed by atoms with E-state index in [-0.39, 0.29) is 42.2 Å². The predicted molar refractivity (Wildman–Crippen MR) is 136 cm³/mol. The van der Waals surface area contributed by atoms with E-state index in [0.29, 0.717) is 23.6 Å². The monoisotopic (exact) mass is 495 g/mol. The molecule has 0 spiro atoms. The number of likely N-dealkylation sites (N-methyl/N-ethyl adjacent to an activating group) is 1. The number of rotatable bonds is 7. The molecular formula is C26H31F2N7O. The van der Waals surface area contributed by atoms with Gasteiger partial charge < -0.3 is 20.9 Å². The van der Waals surface area contributed by atoms with Gasteiger partial charge in [0.2, 0.25) is 5.95 Å². The molecule has 36 heavy (non-hydrogen) atoms. The van der Waals surface area contributed by atoms with Crippen molar-refractivity contribution >= 4 is 29.2 Å². The van der Waals surface area contributed by atoms with E-state index in [0.717, 1.165) is 31.4 Å². The van der Waals surface area contributed by atoms with Crippen molar-refractivity contribution in [3.05, 3.63) is 64.7 Å². The van der Waals surface area contributed by atoms with E-state index in [1.807, 2.05) is 13.1 Å². The number of carbonyl (C=O) groups excluding carboxylic acids is 1. The minimum Gasteiger partial charge on any atom is -0.349 e. The number of amides is 1. The van der Waals surface area contributed by atoms with Gasteiger partial charge in [0.05, 0.1) is 5.69 Å². The highest BCUT2D eigenvalue weighted by Crippen LogP contribution is 2.29. The number of carbonyl (C=O) groups is 1. The van der Waals surface area contributed by atoms with Crippen LogP contribution >= 0.6 is 0 Å². The van der Waals surface area contributed by atoms with Gasteiger partial charge >= 0.3 is 0 Å². The maximum atomic E-state index is 14.8. The Morgan fingerprint density at radius 3 is 2.75 bits per heavy atom. The molecule has 1 aromatic carbocycles. The second-order valence-corrected chi connectivity index (χ2v) is 9.92. The van der Waals surface area contributed by atoms with E-state index in [1.54, 1.807) is 18.2 Å². The van der Waals surface area contributed by atoms with Crippen LogP contribution in [-0.4, -0.2) is 45.4 Å². The second kappa shape index (κ2) is 9.42. The Morgan fingerprint density at radius 1 is 1.19 bits per heavy atom. The van der Waals surface area contributed by atoms with Crippen LogP contribution in [0.5, 0.6) is 0 Å². The SMILES string of the molecule is CN1CCc2cc(Nc3ncc(C(=O)NC4CC4)c(Nc4cccc(C(C)(C)F)n4)n3)cc(F)c2C1.[HH]. The van der Waals surface area contributed by atoms with Crippen LogP contribution in [-0.2, 0) is 18.6 Å². The molecular weight excluding hydrogens is 464 g/mol. The molecule has 1 saturated carbocycles. The predicted octanol–water partition coefficient (Wildman–Crippen LogP) is 4.83. The van der Waals surface area contributed by atoms with Gasteiger partial charge in [0.1, 0.15) is 28.7 Å². The second-order valence-electron chi connectivity index (χ2n) is 9.92. The molecule has 190 valence electrons. The fraction of sp³-hybridized carbons (Fsp3) is 0.385. The lowest BCUT2D eigenvalue weighted by Gasteiger charge is -2.26. The number of nitrogens with one attached hydrogen (secondary N) is 3. The molecule has 1 aliphatic carbocycles. The lowest BCUT2D eigenvalue weighted by Crippen LogP contribution is -2.27. The molecule has 5 rings (SSSR count). The zero-order valence-electron chi connectivity index (χ0n) is 20.5. The van der Waals surface area contributed by atoms with Crippen molar-refractivity contribution in [3.8, 4) is 0 Å². The smallest absolute Gasteiger partial charge is 0.256 e. The summed E-state index contributed by atoms with van der Waals surface area (Å²) in [4.78, 5) is 28.1. The average molecular weight is 496 g/mol. The zero-order chi connectivity index (χ0) is 25.4. The molecule has 0 bridgehead atoms. The summed E-state index contributed by atoms with van der Waals surface area (Å²) >= 11 is 0. The van der Waals surface area contributed by atoms with Crippen LogP contribution in [0.15, 0.2) is 36.5 Å². The number of alkyl halides is 1. The van der Waals surface area contributed by atoms with Crippen molar-refractivity contribution in [2.45, 2.75) is 51.4 Å². The van der Waals surface area contributed by atoms with Crippen LogP contribution in [0.3, 0.4) is 0 Å². The van der Waals surface area contributed by atoms with E-state index in [4.69, 9.17) is 0 Å². The van der Waals surface area contributed by atoms with Crippen LogP contribution in [0.1, 0.15) is 55.3 Å². The summed E-state index contributed by atoms with van der Waals surface area (Å²) in [7, 11) is 1.97. The molecule has 0 saturated heterocycles. The molecule has 3 aromatic rings. The number of pyridine rings is 1. The Kier molecular flexibility index (Phi) is 6.29. The number of anilines is 4. The average Bonchev–Trinajstić information content (AvgIpc) is 3.63. The molecule has 0 unspecified atom stereocenters. The highest BCUT2D eigenvalue weighted by atomic mass is 19.1. The first kappa shape index (κ1) is 24.1. The van der Waals surface area contributed by atoms with Crippen LogP contribution in [0.2, 0.25) is 0 Å². The summed E-state index contributed by atoms with van der Waals surface area (Å²) in [5.74, 6) is 0.154. The minimum atomic E-state index is -1.63. The number of fused-ring (bicyclic) bond motifs is 1. The normalized spacial score (nSPS) is 15.8. The van der Waals surface area contributed by atoms with Gasteiger partial charge in [-0.05, 0) is 70.0 Å². The third-order valence-electron chi connectivity index (χ3n) is 6.29. The fourth-order valence-corrected chi connectivity index (χ4v) is 4.11. The quantitative estimate of drug-likeness (QED) is 0.432. The number of nitrogens with zero attached hydrogens (tertiary/aromatic N) is 4. The van der Waals surface area contributed by atoms with Crippen molar-refractivity contribution < 1.29 is 15.0 Å². The van der Waals surface area contributed by atoms with Crippen LogP contribution < -0.4 is 16.0 Å². The van der Waals surface area contributed by atoms with Crippen molar-refractivity contribution in [1.29, 1.82) is 0 Å². The highest BCUT2D eigenvalue weighted by molar-refractivity contribution is 5.99. The summed E-state index contributed by atoms with van der Waals surface area (Å²) < 4.78 is 29.2. The Morgan fingerprint density at radius 2 is 2.00 bits per heavy atom. The summed E-state index contributed by atoms with van der Waals surface area (Å²) in [5, 5.41) is 9.03. The van der Waals surface area contributed by atoms with E-state index in [1.165, 1.54) is 26.1 Å². The maximum absolute atomic E-state index is 14.8. The lowest BCUT2D eigenvalue weighted by atomic mass is 9.99. The number of halogens is 2.